The van der Waals surface area contributed by atoms with E-state index in [2.05, 4.69) is 16.0 Å². The van der Waals surface area contributed by atoms with Crippen LogP contribution in [-0.4, -0.2) is 19.6 Å². The molecule has 0 radical (unpaired) electrons. The van der Waals surface area contributed by atoms with Gasteiger partial charge in [-0.25, -0.2) is 9.97 Å². The minimum absolute atomic E-state index is 0.0851. The number of nitriles is 1. The van der Waals surface area contributed by atoms with Gasteiger partial charge in [0.25, 0.3) is 5.56 Å². The van der Waals surface area contributed by atoms with E-state index in [0.717, 1.165) is 22.3 Å². The number of benzene rings is 2. The van der Waals surface area contributed by atoms with E-state index in [1.807, 2.05) is 43.3 Å². The minimum Gasteiger partial charge on any atom is -0.386 e. The van der Waals surface area contributed by atoms with Crippen LogP contribution >= 0.6 is 0 Å². The number of aliphatic hydroxyl groups is 1. The van der Waals surface area contributed by atoms with Gasteiger partial charge in [-0.2, -0.15) is 5.26 Å². The lowest BCUT2D eigenvalue weighted by Gasteiger charge is -2.18. The summed E-state index contributed by atoms with van der Waals surface area (Å²) in [5.74, 6) is 0.0851. The fourth-order valence-electron chi connectivity index (χ4n) is 3.83. The zero-order chi connectivity index (χ0) is 24.5. The van der Waals surface area contributed by atoms with Crippen molar-refractivity contribution in [2.24, 2.45) is 0 Å². The van der Waals surface area contributed by atoms with Crippen molar-refractivity contribution in [3.05, 3.63) is 99.5 Å². The molecule has 170 valence electrons. The highest BCUT2D eigenvalue weighted by molar-refractivity contribution is 5.72. The Hall–Kier alpha value is -4.28. The fraction of sp³-hybridized carbons (Fsp3) is 0.185. The summed E-state index contributed by atoms with van der Waals surface area (Å²) in [6.45, 7) is 5.69. The van der Waals surface area contributed by atoms with E-state index in [9.17, 15) is 15.2 Å². The Bertz CT molecular complexity index is 1480. The van der Waals surface area contributed by atoms with Crippen LogP contribution in [0.25, 0.3) is 22.5 Å². The van der Waals surface area contributed by atoms with Crippen molar-refractivity contribution in [3.8, 4) is 28.6 Å². The van der Waals surface area contributed by atoms with Crippen LogP contribution < -0.4 is 11.3 Å². The zero-order valence-corrected chi connectivity index (χ0v) is 19.3. The Morgan fingerprint density at radius 1 is 1.06 bits per heavy atom. The molecule has 0 aliphatic heterocycles. The van der Waals surface area contributed by atoms with E-state index >= 15 is 0 Å². The first kappa shape index (κ1) is 22.9. The number of hydrogen-bond donors (Lipinski definition) is 2. The van der Waals surface area contributed by atoms with Gasteiger partial charge in [-0.3, -0.25) is 4.79 Å². The molecule has 2 aromatic heterocycles. The van der Waals surface area contributed by atoms with Gasteiger partial charge in [0.1, 0.15) is 0 Å². The van der Waals surface area contributed by atoms with E-state index in [1.54, 1.807) is 42.8 Å². The van der Waals surface area contributed by atoms with Crippen molar-refractivity contribution in [1.82, 2.24) is 14.5 Å². The second-order valence-corrected chi connectivity index (χ2v) is 8.73. The summed E-state index contributed by atoms with van der Waals surface area (Å²) in [6, 6.07) is 20.3. The number of aromatic nitrogens is 3. The molecular weight excluding hydrogens is 426 g/mol. The zero-order valence-electron chi connectivity index (χ0n) is 19.3. The van der Waals surface area contributed by atoms with Crippen LogP contribution in [0.15, 0.2) is 71.7 Å². The third kappa shape index (κ3) is 4.72. The maximum Gasteiger partial charge on any atom is 0.251 e. The second-order valence-electron chi connectivity index (χ2n) is 8.73. The van der Waals surface area contributed by atoms with E-state index in [4.69, 9.17) is 5.73 Å². The molecule has 0 unspecified atom stereocenters. The minimum atomic E-state index is -0.958. The lowest BCUT2D eigenvalue weighted by molar-refractivity contribution is 0.0785. The summed E-state index contributed by atoms with van der Waals surface area (Å²) in [4.78, 5) is 21.5. The Morgan fingerprint density at radius 3 is 2.50 bits per heavy atom. The van der Waals surface area contributed by atoms with E-state index in [1.165, 1.54) is 6.07 Å². The first-order valence-corrected chi connectivity index (χ1v) is 10.8. The van der Waals surface area contributed by atoms with Gasteiger partial charge in [0.15, 0.2) is 0 Å². The first-order valence-electron chi connectivity index (χ1n) is 10.8. The first-order chi connectivity index (χ1) is 16.2. The predicted molar refractivity (Wildman–Crippen MR) is 132 cm³/mol. The predicted octanol–water partition coefficient (Wildman–Crippen LogP) is 4.01. The molecule has 0 saturated carbocycles. The van der Waals surface area contributed by atoms with Gasteiger partial charge < -0.3 is 15.4 Å². The fourth-order valence-corrected chi connectivity index (χ4v) is 3.83. The van der Waals surface area contributed by atoms with Gasteiger partial charge in [0.05, 0.1) is 35.2 Å². The number of nitrogens with zero attached hydrogens (tertiary/aromatic N) is 4. The van der Waals surface area contributed by atoms with Crippen LogP contribution in [0.5, 0.6) is 0 Å². The van der Waals surface area contributed by atoms with Crippen molar-refractivity contribution in [2.75, 3.05) is 5.73 Å². The summed E-state index contributed by atoms with van der Waals surface area (Å²) in [5.41, 5.74) is 10.4. The van der Waals surface area contributed by atoms with Gasteiger partial charge in [-0.1, -0.05) is 36.4 Å². The highest BCUT2D eigenvalue weighted by Gasteiger charge is 2.16. The molecule has 0 fully saturated rings. The normalized spacial score (nSPS) is 11.3. The van der Waals surface area contributed by atoms with Gasteiger partial charge in [-0.15, -0.1) is 0 Å². The molecule has 7 nitrogen and oxygen atoms in total. The maximum atomic E-state index is 12.9. The van der Waals surface area contributed by atoms with Crippen LogP contribution in [0, 0.1) is 18.3 Å². The lowest BCUT2D eigenvalue weighted by atomic mass is 9.96. The number of nitrogen functional groups attached to an aromatic ring is 1. The molecule has 4 aromatic rings. The summed E-state index contributed by atoms with van der Waals surface area (Å²) < 4.78 is 1.60. The highest BCUT2D eigenvalue weighted by Crippen LogP contribution is 2.28. The van der Waals surface area contributed by atoms with E-state index in [0.29, 0.717) is 29.1 Å². The van der Waals surface area contributed by atoms with Gasteiger partial charge in [0, 0.05) is 23.4 Å². The molecule has 4 rings (SSSR count). The molecule has 3 N–H and O–H groups in total. The lowest BCUT2D eigenvalue weighted by Crippen LogP contribution is -2.20. The van der Waals surface area contributed by atoms with Gasteiger partial charge in [0.2, 0.25) is 5.95 Å². The van der Waals surface area contributed by atoms with E-state index in [-0.39, 0.29) is 11.5 Å². The monoisotopic (exact) mass is 451 g/mol. The molecule has 0 amide bonds. The molecule has 0 spiro atoms. The standard InChI is InChI=1S/C27H25N5O2/c1-17-20(15-28)7-5-9-22(17)24-14-23(30-26(29)31-24)19-10-11-32(25(33)13-19)16-18-6-4-8-21(12-18)27(2,3)34/h4-14,34H,16H2,1-3H3,(H2,29,30,31). The Kier molecular flexibility index (Phi) is 6.01. The summed E-state index contributed by atoms with van der Waals surface area (Å²) in [7, 11) is 0. The molecule has 7 heteroatoms. The van der Waals surface area contributed by atoms with Crippen LogP contribution in [0.4, 0.5) is 5.95 Å². The quantitative estimate of drug-likeness (QED) is 0.473. The molecule has 0 atom stereocenters. The number of nitrogens with two attached hydrogens (primary N) is 1. The number of anilines is 1. The molecule has 2 heterocycles. The Labute approximate surface area is 197 Å². The number of rotatable bonds is 5. The number of pyridine rings is 1. The average Bonchev–Trinajstić information content (AvgIpc) is 2.80. The van der Waals surface area contributed by atoms with Crippen LogP contribution in [0.1, 0.15) is 36.1 Å². The van der Waals surface area contributed by atoms with Crippen molar-refractivity contribution < 1.29 is 5.11 Å². The maximum absolute atomic E-state index is 12.9. The average molecular weight is 452 g/mol. The van der Waals surface area contributed by atoms with E-state index < -0.39 is 5.60 Å². The Balaban J connectivity index is 1.68. The van der Waals surface area contributed by atoms with Gasteiger partial charge in [-0.05, 0) is 55.7 Å². The molecule has 2 aromatic carbocycles. The molecule has 34 heavy (non-hydrogen) atoms. The van der Waals surface area contributed by atoms with Crippen molar-refractivity contribution in [3.63, 3.8) is 0 Å². The van der Waals surface area contributed by atoms with Gasteiger partial charge >= 0.3 is 0 Å². The van der Waals surface area contributed by atoms with Crippen LogP contribution in [0.3, 0.4) is 0 Å². The summed E-state index contributed by atoms with van der Waals surface area (Å²) in [5, 5.41) is 19.6. The smallest absolute Gasteiger partial charge is 0.251 e. The number of hydrogen-bond acceptors (Lipinski definition) is 6. The largest absolute Gasteiger partial charge is 0.386 e. The van der Waals surface area contributed by atoms with Crippen LogP contribution in [0.2, 0.25) is 0 Å². The molecular formula is C27H25N5O2. The summed E-state index contributed by atoms with van der Waals surface area (Å²) >= 11 is 0. The Morgan fingerprint density at radius 2 is 1.79 bits per heavy atom. The third-order valence-electron chi connectivity index (χ3n) is 5.75. The van der Waals surface area contributed by atoms with Crippen molar-refractivity contribution in [1.29, 1.82) is 5.26 Å². The molecule has 0 bridgehead atoms. The molecule has 0 aliphatic carbocycles. The summed E-state index contributed by atoms with van der Waals surface area (Å²) in [6.07, 6.45) is 1.72. The van der Waals surface area contributed by atoms with Crippen molar-refractivity contribution >= 4 is 5.95 Å². The second kappa shape index (κ2) is 8.93. The third-order valence-corrected chi connectivity index (χ3v) is 5.75. The van der Waals surface area contributed by atoms with Crippen LogP contribution in [-0.2, 0) is 12.1 Å². The topological polar surface area (TPSA) is 118 Å². The highest BCUT2D eigenvalue weighted by atomic mass is 16.3. The molecule has 0 aliphatic rings. The molecule has 0 saturated heterocycles. The van der Waals surface area contributed by atoms with Crippen molar-refractivity contribution in [2.45, 2.75) is 32.9 Å². The SMILES string of the molecule is Cc1c(C#N)cccc1-c1cc(-c2ccn(Cc3cccc(C(C)(C)O)c3)c(=O)c2)nc(N)n1.